The minimum atomic E-state index is -0.741. The van der Waals surface area contributed by atoms with Crippen molar-refractivity contribution in [1.29, 1.82) is 0 Å². The summed E-state index contributed by atoms with van der Waals surface area (Å²) in [5.74, 6) is -2.19. The maximum atomic E-state index is 12.7. The Hall–Kier alpha value is -2.99. The van der Waals surface area contributed by atoms with Crippen molar-refractivity contribution in [3.63, 3.8) is 0 Å². The lowest BCUT2D eigenvalue weighted by atomic mass is 9.87. The summed E-state index contributed by atoms with van der Waals surface area (Å²) in [5.41, 5.74) is -1.36. The van der Waals surface area contributed by atoms with Crippen molar-refractivity contribution < 1.29 is 19.8 Å². The van der Waals surface area contributed by atoms with Crippen molar-refractivity contribution in [2.75, 3.05) is 0 Å². The van der Waals surface area contributed by atoms with Crippen molar-refractivity contribution in [3.8, 4) is 11.5 Å². The van der Waals surface area contributed by atoms with Gasteiger partial charge in [0.1, 0.15) is 11.5 Å². The zero-order valence-electron chi connectivity index (χ0n) is 11.5. The predicted octanol–water partition coefficient (Wildman–Crippen LogP) is 2.45. The van der Waals surface area contributed by atoms with Crippen LogP contribution in [0.25, 0.3) is 10.1 Å². The number of hydrogen-bond acceptors (Lipinski definition) is 6. The normalized spacial score (nSPS) is 13.0. The van der Waals surface area contributed by atoms with E-state index in [1.807, 2.05) is 0 Å². The van der Waals surface area contributed by atoms with E-state index in [1.165, 1.54) is 0 Å². The molecule has 0 unspecified atom stereocenters. The molecule has 1 aliphatic rings. The molecule has 5 nitrogen and oxygen atoms in total. The van der Waals surface area contributed by atoms with Gasteiger partial charge in [-0.2, -0.15) is 0 Å². The van der Waals surface area contributed by atoms with Crippen LogP contribution >= 0.6 is 11.3 Å². The summed E-state index contributed by atoms with van der Waals surface area (Å²) in [6.07, 6.45) is 0. The number of phenolic OH excluding ortho intramolecular Hbond substituents is 2. The molecule has 6 heteroatoms. The van der Waals surface area contributed by atoms with Gasteiger partial charge in [0, 0.05) is 10.1 Å². The summed E-state index contributed by atoms with van der Waals surface area (Å²) in [5, 5.41) is 20.2. The molecule has 112 valence electrons. The molecule has 1 aromatic heterocycles. The van der Waals surface area contributed by atoms with Gasteiger partial charge in [-0.3, -0.25) is 14.4 Å². The molecular formula is C17H8O5S. The van der Waals surface area contributed by atoms with E-state index in [-0.39, 0.29) is 21.6 Å². The van der Waals surface area contributed by atoms with Crippen LogP contribution in [-0.2, 0) is 0 Å². The van der Waals surface area contributed by atoms with Crippen LogP contribution in [0.2, 0.25) is 0 Å². The van der Waals surface area contributed by atoms with E-state index in [0.29, 0.717) is 10.1 Å². The van der Waals surface area contributed by atoms with Crippen molar-refractivity contribution in [2.24, 2.45) is 0 Å². The van der Waals surface area contributed by atoms with Gasteiger partial charge in [0.05, 0.1) is 21.6 Å². The summed E-state index contributed by atoms with van der Waals surface area (Å²) in [6, 6.07) is 8.96. The van der Waals surface area contributed by atoms with E-state index < -0.39 is 28.5 Å². The topological polar surface area (TPSA) is 91.7 Å². The minimum Gasteiger partial charge on any atom is -0.507 e. The molecule has 23 heavy (non-hydrogen) atoms. The Morgan fingerprint density at radius 1 is 0.739 bits per heavy atom. The van der Waals surface area contributed by atoms with E-state index in [0.717, 1.165) is 23.5 Å². The first kappa shape index (κ1) is 13.7. The fourth-order valence-electron chi connectivity index (χ4n) is 2.79. The second-order valence-electron chi connectivity index (χ2n) is 5.14. The predicted molar refractivity (Wildman–Crippen MR) is 84.7 cm³/mol. The molecule has 0 bridgehead atoms. The second-order valence-corrected chi connectivity index (χ2v) is 6.20. The van der Waals surface area contributed by atoms with Crippen LogP contribution in [0.1, 0.15) is 31.2 Å². The van der Waals surface area contributed by atoms with E-state index >= 15 is 0 Å². The van der Waals surface area contributed by atoms with Gasteiger partial charge >= 0.3 is 0 Å². The average molecular weight is 324 g/mol. The third kappa shape index (κ3) is 1.69. The fourth-order valence-corrected chi connectivity index (χ4v) is 3.91. The number of rotatable bonds is 0. The molecule has 0 amide bonds. The number of carbonyl (C=O) groups excluding carboxylic acids is 2. The zero-order valence-corrected chi connectivity index (χ0v) is 12.3. The number of benzene rings is 2. The highest BCUT2D eigenvalue weighted by Gasteiger charge is 2.37. The molecule has 2 N–H and O–H groups in total. The van der Waals surface area contributed by atoms with Gasteiger partial charge in [0.15, 0.2) is 5.43 Å². The molecule has 4 rings (SSSR count). The quantitative estimate of drug-likeness (QED) is 0.485. The average Bonchev–Trinajstić information content (AvgIpc) is 2.54. The highest BCUT2D eigenvalue weighted by atomic mass is 32.1. The van der Waals surface area contributed by atoms with Crippen LogP contribution in [0.4, 0.5) is 0 Å². The third-order valence-corrected chi connectivity index (χ3v) is 5.02. The highest BCUT2D eigenvalue weighted by Crippen LogP contribution is 2.38. The molecule has 3 aromatic rings. The Balaban J connectivity index is 2.18. The number of carbonyl (C=O) groups is 2. The molecule has 1 aliphatic carbocycles. The standard InChI is InChI=1S/C17H8O5S/c18-8-5-6-9(19)12-11(8)15(21)13-14(20)7-3-1-2-4-10(7)23-17(13)16(12)22/h1-6,18-19H. The molecule has 0 fully saturated rings. The van der Waals surface area contributed by atoms with Crippen LogP contribution in [0.5, 0.6) is 11.5 Å². The van der Waals surface area contributed by atoms with Gasteiger partial charge in [0.25, 0.3) is 0 Å². The maximum absolute atomic E-state index is 12.7. The van der Waals surface area contributed by atoms with Gasteiger partial charge in [-0.15, -0.1) is 11.3 Å². The van der Waals surface area contributed by atoms with Crippen LogP contribution in [-0.4, -0.2) is 21.8 Å². The second kappa shape index (κ2) is 4.50. The zero-order chi connectivity index (χ0) is 16.3. The molecule has 0 saturated carbocycles. The molecule has 0 spiro atoms. The van der Waals surface area contributed by atoms with Crippen molar-refractivity contribution in [1.82, 2.24) is 0 Å². The van der Waals surface area contributed by atoms with Gasteiger partial charge in [-0.25, -0.2) is 0 Å². The van der Waals surface area contributed by atoms with Crippen LogP contribution < -0.4 is 5.43 Å². The van der Waals surface area contributed by atoms with Gasteiger partial charge in [0.2, 0.25) is 11.6 Å². The van der Waals surface area contributed by atoms with Crippen molar-refractivity contribution in [3.05, 3.63) is 68.2 Å². The molecular weight excluding hydrogens is 316 g/mol. The lowest BCUT2D eigenvalue weighted by molar-refractivity contribution is 0.0976. The lowest BCUT2D eigenvalue weighted by Crippen LogP contribution is -2.27. The summed E-state index contributed by atoms with van der Waals surface area (Å²) >= 11 is 1.03. The fraction of sp³-hybridized carbons (Fsp3) is 0. The Morgan fingerprint density at radius 2 is 1.35 bits per heavy atom. The summed E-state index contributed by atoms with van der Waals surface area (Å²) in [4.78, 5) is 38.0. The number of ketones is 2. The molecule has 0 saturated heterocycles. The third-order valence-electron chi connectivity index (χ3n) is 3.85. The number of aromatic hydroxyl groups is 2. The minimum absolute atomic E-state index is 0.00731. The van der Waals surface area contributed by atoms with E-state index in [4.69, 9.17) is 0 Å². The van der Waals surface area contributed by atoms with Crippen LogP contribution in [0.15, 0.2) is 41.2 Å². The Labute approximate surface area is 133 Å². The first-order valence-corrected chi connectivity index (χ1v) is 7.52. The monoisotopic (exact) mass is 324 g/mol. The number of fused-ring (bicyclic) bond motifs is 3. The Kier molecular flexibility index (Phi) is 2.67. The first-order valence-electron chi connectivity index (χ1n) is 6.71. The SMILES string of the molecule is O=C1c2sc3ccccc3c(=O)c2C(=O)c2c(O)ccc(O)c21. The number of phenols is 2. The molecule has 0 atom stereocenters. The van der Waals surface area contributed by atoms with Crippen LogP contribution in [0.3, 0.4) is 0 Å². The lowest BCUT2D eigenvalue weighted by Gasteiger charge is -2.18. The van der Waals surface area contributed by atoms with Crippen molar-refractivity contribution >= 4 is 33.0 Å². The van der Waals surface area contributed by atoms with Gasteiger partial charge in [-0.05, 0) is 24.3 Å². The van der Waals surface area contributed by atoms with E-state index in [2.05, 4.69) is 0 Å². The summed E-state index contributed by atoms with van der Waals surface area (Å²) < 4.78 is 0.584. The van der Waals surface area contributed by atoms with E-state index in [1.54, 1.807) is 24.3 Å². The maximum Gasteiger partial charge on any atom is 0.208 e. The highest BCUT2D eigenvalue weighted by molar-refractivity contribution is 7.20. The first-order chi connectivity index (χ1) is 11.0. The summed E-state index contributed by atoms with van der Waals surface area (Å²) in [6.45, 7) is 0. The Morgan fingerprint density at radius 3 is 2.04 bits per heavy atom. The van der Waals surface area contributed by atoms with Crippen molar-refractivity contribution in [2.45, 2.75) is 0 Å². The van der Waals surface area contributed by atoms with E-state index in [9.17, 15) is 24.6 Å². The summed E-state index contributed by atoms with van der Waals surface area (Å²) in [7, 11) is 0. The molecule has 0 aliphatic heterocycles. The van der Waals surface area contributed by atoms with Crippen LogP contribution in [0, 0.1) is 0 Å². The molecule has 0 radical (unpaired) electrons. The van der Waals surface area contributed by atoms with Gasteiger partial charge in [-0.1, -0.05) is 12.1 Å². The smallest absolute Gasteiger partial charge is 0.208 e. The Bertz CT molecular complexity index is 1090. The van der Waals surface area contributed by atoms with Gasteiger partial charge < -0.3 is 10.2 Å². The molecule has 2 aromatic carbocycles. The molecule has 1 heterocycles. The number of hydrogen-bond donors (Lipinski definition) is 2. The largest absolute Gasteiger partial charge is 0.507 e.